The first-order valence-electron chi connectivity index (χ1n) is 7.39. The summed E-state index contributed by atoms with van der Waals surface area (Å²) in [6.07, 6.45) is 3.79. The van der Waals surface area contributed by atoms with Crippen LogP contribution >= 0.6 is 0 Å². The smallest absolute Gasteiger partial charge is 0.0894 e. The van der Waals surface area contributed by atoms with E-state index in [9.17, 15) is 0 Å². The van der Waals surface area contributed by atoms with Crippen LogP contribution in [-0.2, 0) is 0 Å². The molecule has 0 aliphatic carbocycles. The molecule has 22 heavy (non-hydrogen) atoms. The zero-order valence-corrected chi connectivity index (χ0v) is 13.4. The molecule has 3 aromatic heterocycles. The lowest BCUT2D eigenvalue weighted by molar-refractivity contribution is 1.17. The van der Waals surface area contributed by atoms with Gasteiger partial charge in [-0.1, -0.05) is 6.07 Å². The molecule has 0 unspecified atom stereocenters. The van der Waals surface area contributed by atoms with Crippen LogP contribution in [0, 0.1) is 27.7 Å². The minimum Gasteiger partial charge on any atom is -0.254 e. The van der Waals surface area contributed by atoms with Gasteiger partial charge >= 0.3 is 0 Å². The van der Waals surface area contributed by atoms with Crippen LogP contribution in [0.4, 0.5) is 0 Å². The summed E-state index contributed by atoms with van der Waals surface area (Å²) in [6, 6.07) is 10.1. The van der Waals surface area contributed by atoms with Crippen molar-refractivity contribution in [2.45, 2.75) is 27.7 Å². The van der Waals surface area contributed by atoms with Crippen LogP contribution in [0.1, 0.15) is 22.3 Å². The van der Waals surface area contributed by atoms with E-state index in [1.807, 2.05) is 30.6 Å². The fraction of sp³-hybridized carbons (Fsp3) is 0.211. The second kappa shape index (κ2) is 5.68. The van der Waals surface area contributed by atoms with Crippen molar-refractivity contribution in [3.05, 3.63) is 65.0 Å². The molecule has 0 aliphatic rings. The molecule has 0 atom stereocenters. The van der Waals surface area contributed by atoms with Gasteiger partial charge in [0, 0.05) is 12.4 Å². The first kappa shape index (κ1) is 14.4. The molecule has 0 spiro atoms. The Bertz CT molecular complexity index is 771. The molecular weight excluding hydrogens is 270 g/mol. The number of hydrogen-bond donors (Lipinski definition) is 0. The molecule has 0 bridgehead atoms. The van der Waals surface area contributed by atoms with E-state index in [0.717, 1.165) is 22.8 Å². The average molecular weight is 289 g/mol. The largest absolute Gasteiger partial charge is 0.254 e. The van der Waals surface area contributed by atoms with Crippen molar-refractivity contribution in [3.63, 3.8) is 0 Å². The van der Waals surface area contributed by atoms with E-state index in [1.54, 1.807) is 0 Å². The lowest BCUT2D eigenvalue weighted by atomic mass is 10.1. The summed E-state index contributed by atoms with van der Waals surface area (Å²) in [5.74, 6) is 0. The SMILES string of the molecule is Cc1cnc(-c2cccc(-c3cc(C)c(C)cn3)n2)cc1C. The monoisotopic (exact) mass is 289 g/mol. The van der Waals surface area contributed by atoms with Crippen molar-refractivity contribution in [3.8, 4) is 22.8 Å². The molecule has 3 heteroatoms. The lowest BCUT2D eigenvalue weighted by Crippen LogP contribution is -1.94. The summed E-state index contributed by atoms with van der Waals surface area (Å²) in [5.41, 5.74) is 8.37. The Balaban J connectivity index is 2.05. The quantitative estimate of drug-likeness (QED) is 0.700. The van der Waals surface area contributed by atoms with E-state index < -0.39 is 0 Å². The Kier molecular flexibility index (Phi) is 3.72. The molecule has 3 aromatic rings. The summed E-state index contributed by atoms with van der Waals surface area (Å²) < 4.78 is 0. The Hall–Kier alpha value is -2.55. The van der Waals surface area contributed by atoms with Crippen molar-refractivity contribution < 1.29 is 0 Å². The molecule has 0 amide bonds. The summed E-state index contributed by atoms with van der Waals surface area (Å²) in [7, 11) is 0. The molecule has 0 radical (unpaired) electrons. The average Bonchev–Trinajstić information content (AvgIpc) is 2.53. The van der Waals surface area contributed by atoms with Gasteiger partial charge in [-0.25, -0.2) is 4.98 Å². The molecule has 0 fully saturated rings. The lowest BCUT2D eigenvalue weighted by Gasteiger charge is -2.07. The standard InChI is InChI=1S/C19H19N3/c1-12-8-18(20-10-14(12)3)16-6-5-7-17(22-16)19-9-13(2)15(4)11-21-19/h5-11H,1-4H3. The molecule has 0 saturated carbocycles. The van der Waals surface area contributed by atoms with Crippen LogP contribution in [0.25, 0.3) is 22.8 Å². The van der Waals surface area contributed by atoms with Crippen molar-refractivity contribution in [2.75, 3.05) is 0 Å². The minimum atomic E-state index is 0.876. The highest BCUT2D eigenvalue weighted by Crippen LogP contribution is 2.22. The summed E-state index contributed by atoms with van der Waals surface area (Å²) in [4.78, 5) is 13.7. The van der Waals surface area contributed by atoms with Crippen LogP contribution < -0.4 is 0 Å². The van der Waals surface area contributed by atoms with Gasteiger partial charge in [-0.2, -0.15) is 0 Å². The van der Waals surface area contributed by atoms with Crippen molar-refractivity contribution >= 4 is 0 Å². The Labute approximate surface area is 131 Å². The molecule has 3 nitrogen and oxygen atoms in total. The fourth-order valence-corrected chi connectivity index (χ4v) is 2.25. The minimum absolute atomic E-state index is 0.876. The van der Waals surface area contributed by atoms with E-state index in [2.05, 4.69) is 49.8 Å². The highest BCUT2D eigenvalue weighted by molar-refractivity contribution is 5.62. The topological polar surface area (TPSA) is 38.7 Å². The zero-order valence-electron chi connectivity index (χ0n) is 13.4. The third-order valence-electron chi connectivity index (χ3n) is 4.02. The summed E-state index contributed by atoms with van der Waals surface area (Å²) in [5, 5.41) is 0. The Morgan fingerprint density at radius 2 is 1.05 bits per heavy atom. The molecule has 3 heterocycles. The number of hydrogen-bond acceptors (Lipinski definition) is 3. The maximum absolute atomic E-state index is 4.73. The van der Waals surface area contributed by atoms with E-state index in [4.69, 9.17) is 4.98 Å². The van der Waals surface area contributed by atoms with E-state index >= 15 is 0 Å². The number of pyridine rings is 3. The first-order chi connectivity index (χ1) is 10.5. The number of aromatic nitrogens is 3. The van der Waals surface area contributed by atoms with Crippen molar-refractivity contribution in [1.29, 1.82) is 0 Å². The highest BCUT2D eigenvalue weighted by Gasteiger charge is 2.07. The van der Waals surface area contributed by atoms with Gasteiger partial charge in [0.1, 0.15) is 0 Å². The third-order valence-corrected chi connectivity index (χ3v) is 4.02. The maximum atomic E-state index is 4.73. The zero-order chi connectivity index (χ0) is 15.7. The molecule has 0 aliphatic heterocycles. The highest BCUT2D eigenvalue weighted by atomic mass is 14.8. The van der Waals surface area contributed by atoms with Crippen LogP contribution in [0.5, 0.6) is 0 Å². The van der Waals surface area contributed by atoms with Gasteiger partial charge in [0.2, 0.25) is 0 Å². The van der Waals surface area contributed by atoms with Crippen LogP contribution in [0.2, 0.25) is 0 Å². The van der Waals surface area contributed by atoms with Crippen molar-refractivity contribution in [2.24, 2.45) is 0 Å². The predicted octanol–water partition coefficient (Wildman–Crippen LogP) is 4.44. The second-order valence-electron chi connectivity index (χ2n) is 5.72. The van der Waals surface area contributed by atoms with E-state index in [0.29, 0.717) is 0 Å². The van der Waals surface area contributed by atoms with Crippen LogP contribution in [-0.4, -0.2) is 15.0 Å². The fourth-order valence-electron chi connectivity index (χ4n) is 2.25. The van der Waals surface area contributed by atoms with Gasteiger partial charge in [-0.15, -0.1) is 0 Å². The van der Waals surface area contributed by atoms with Crippen LogP contribution in [0.15, 0.2) is 42.7 Å². The number of aryl methyl sites for hydroxylation is 4. The predicted molar refractivity (Wildman–Crippen MR) is 89.6 cm³/mol. The maximum Gasteiger partial charge on any atom is 0.0894 e. The molecule has 0 saturated heterocycles. The van der Waals surface area contributed by atoms with Gasteiger partial charge in [-0.05, 0) is 74.2 Å². The summed E-state index contributed by atoms with van der Waals surface area (Å²) in [6.45, 7) is 8.31. The first-order valence-corrected chi connectivity index (χ1v) is 7.39. The number of nitrogens with zero attached hydrogens (tertiary/aromatic N) is 3. The molecule has 0 N–H and O–H groups in total. The van der Waals surface area contributed by atoms with Gasteiger partial charge in [0.05, 0.1) is 22.8 Å². The van der Waals surface area contributed by atoms with Gasteiger partial charge in [0.15, 0.2) is 0 Å². The Morgan fingerprint density at radius 3 is 1.45 bits per heavy atom. The summed E-state index contributed by atoms with van der Waals surface area (Å²) >= 11 is 0. The normalized spacial score (nSPS) is 10.7. The molecule has 110 valence electrons. The van der Waals surface area contributed by atoms with E-state index in [1.165, 1.54) is 22.3 Å². The molecule has 0 aromatic carbocycles. The van der Waals surface area contributed by atoms with Gasteiger partial charge in [0.25, 0.3) is 0 Å². The third kappa shape index (κ3) is 2.75. The van der Waals surface area contributed by atoms with Gasteiger partial charge < -0.3 is 0 Å². The van der Waals surface area contributed by atoms with Crippen LogP contribution in [0.3, 0.4) is 0 Å². The molecule has 3 rings (SSSR count). The number of rotatable bonds is 2. The van der Waals surface area contributed by atoms with Gasteiger partial charge in [-0.3, -0.25) is 9.97 Å². The van der Waals surface area contributed by atoms with E-state index in [-0.39, 0.29) is 0 Å². The second-order valence-corrected chi connectivity index (χ2v) is 5.72. The Morgan fingerprint density at radius 1 is 0.591 bits per heavy atom. The molecular formula is C19H19N3. The van der Waals surface area contributed by atoms with Crippen molar-refractivity contribution in [1.82, 2.24) is 15.0 Å².